The Hall–Kier alpha value is -2.05. The van der Waals surface area contributed by atoms with Gasteiger partial charge in [0.05, 0.1) is 10.2 Å². The molecule has 23 heavy (non-hydrogen) atoms. The lowest BCUT2D eigenvalue weighted by molar-refractivity contribution is -0.116. The van der Waals surface area contributed by atoms with Gasteiger partial charge < -0.3 is 5.32 Å². The van der Waals surface area contributed by atoms with Crippen molar-refractivity contribution in [1.82, 2.24) is 10.3 Å². The number of hydrogen-bond donors (Lipinski definition) is 1. The van der Waals surface area contributed by atoms with Crippen LogP contribution in [-0.2, 0) is 11.3 Å². The molecule has 1 heterocycles. The van der Waals surface area contributed by atoms with Crippen LogP contribution >= 0.6 is 27.3 Å². The second-order valence-corrected chi connectivity index (χ2v) is 6.72. The first-order valence-electron chi connectivity index (χ1n) is 6.87. The molecule has 1 N–H and O–H groups in total. The molecule has 0 saturated heterocycles. The Kier molecular flexibility index (Phi) is 4.83. The smallest absolute Gasteiger partial charge is 0.244 e. The highest BCUT2D eigenvalue weighted by Crippen LogP contribution is 2.22. The van der Waals surface area contributed by atoms with Gasteiger partial charge in [-0.15, -0.1) is 11.3 Å². The molecule has 3 rings (SSSR count). The van der Waals surface area contributed by atoms with Crippen molar-refractivity contribution in [2.75, 3.05) is 0 Å². The minimum atomic E-state index is -0.331. The lowest BCUT2D eigenvalue weighted by Crippen LogP contribution is -2.20. The third-order valence-electron chi connectivity index (χ3n) is 3.15. The Bertz CT molecular complexity index is 858. The van der Waals surface area contributed by atoms with Crippen molar-refractivity contribution < 1.29 is 9.18 Å². The summed E-state index contributed by atoms with van der Waals surface area (Å²) in [5.74, 6) is -0.581. The van der Waals surface area contributed by atoms with Crippen LogP contribution in [0.3, 0.4) is 0 Å². The van der Waals surface area contributed by atoms with Crippen molar-refractivity contribution >= 4 is 49.5 Å². The summed E-state index contributed by atoms with van der Waals surface area (Å²) in [4.78, 5) is 16.3. The number of nitrogens with one attached hydrogen (secondary N) is 1. The average molecular weight is 391 g/mol. The molecule has 0 bridgehead atoms. The first kappa shape index (κ1) is 15.8. The molecule has 1 amide bonds. The zero-order chi connectivity index (χ0) is 16.2. The topological polar surface area (TPSA) is 42.0 Å². The molecule has 0 fully saturated rings. The SMILES string of the molecule is O=C(/C=C/c1nc2ccccc2s1)NCc1cc(F)ccc1Br. The van der Waals surface area contributed by atoms with E-state index in [-0.39, 0.29) is 18.3 Å². The second-order valence-electron chi connectivity index (χ2n) is 4.81. The van der Waals surface area contributed by atoms with E-state index in [1.54, 1.807) is 12.1 Å². The van der Waals surface area contributed by atoms with Crippen LogP contribution in [0.1, 0.15) is 10.6 Å². The maximum absolute atomic E-state index is 13.2. The van der Waals surface area contributed by atoms with Gasteiger partial charge in [-0.1, -0.05) is 28.1 Å². The van der Waals surface area contributed by atoms with Crippen LogP contribution < -0.4 is 5.32 Å². The molecular formula is C17H12BrFN2OS. The minimum absolute atomic E-state index is 0.250. The number of halogens is 2. The molecule has 3 aromatic rings. The van der Waals surface area contributed by atoms with E-state index in [1.165, 1.54) is 29.5 Å². The van der Waals surface area contributed by atoms with E-state index in [1.807, 2.05) is 24.3 Å². The van der Waals surface area contributed by atoms with E-state index in [2.05, 4.69) is 26.2 Å². The molecule has 0 unspecified atom stereocenters. The van der Waals surface area contributed by atoms with Gasteiger partial charge in [-0.05, 0) is 42.0 Å². The van der Waals surface area contributed by atoms with E-state index in [0.29, 0.717) is 5.56 Å². The van der Waals surface area contributed by atoms with Gasteiger partial charge >= 0.3 is 0 Å². The summed E-state index contributed by atoms with van der Waals surface area (Å²) in [6, 6.07) is 12.2. The average Bonchev–Trinajstić information content (AvgIpc) is 2.96. The third kappa shape index (κ3) is 4.03. The first-order valence-corrected chi connectivity index (χ1v) is 8.48. The van der Waals surface area contributed by atoms with Gasteiger partial charge in [-0.2, -0.15) is 0 Å². The van der Waals surface area contributed by atoms with Crippen LogP contribution in [0.5, 0.6) is 0 Å². The molecule has 0 aliphatic carbocycles. The molecule has 3 nitrogen and oxygen atoms in total. The van der Waals surface area contributed by atoms with Gasteiger partial charge in [0.2, 0.25) is 5.91 Å². The maximum atomic E-state index is 13.2. The number of carbonyl (C=O) groups excluding carboxylic acids is 1. The number of hydrogen-bond acceptors (Lipinski definition) is 3. The van der Waals surface area contributed by atoms with E-state index < -0.39 is 0 Å². The maximum Gasteiger partial charge on any atom is 0.244 e. The van der Waals surface area contributed by atoms with Crippen molar-refractivity contribution in [1.29, 1.82) is 0 Å². The zero-order valence-corrected chi connectivity index (χ0v) is 14.3. The van der Waals surface area contributed by atoms with Gasteiger partial charge in [0.15, 0.2) is 0 Å². The summed E-state index contributed by atoms with van der Waals surface area (Å²) >= 11 is 4.85. The van der Waals surface area contributed by atoms with E-state index in [0.717, 1.165) is 19.7 Å². The molecule has 0 aliphatic heterocycles. The summed E-state index contributed by atoms with van der Waals surface area (Å²) in [7, 11) is 0. The van der Waals surface area contributed by atoms with Crippen LogP contribution in [-0.4, -0.2) is 10.9 Å². The quantitative estimate of drug-likeness (QED) is 0.665. The summed E-state index contributed by atoms with van der Waals surface area (Å²) in [6.07, 6.45) is 3.12. The van der Waals surface area contributed by atoms with Crippen LogP contribution in [0, 0.1) is 5.82 Å². The predicted molar refractivity (Wildman–Crippen MR) is 94.6 cm³/mol. The normalized spacial score (nSPS) is 11.2. The largest absolute Gasteiger partial charge is 0.348 e. The molecule has 0 aliphatic rings. The molecule has 116 valence electrons. The fraction of sp³-hybridized carbons (Fsp3) is 0.0588. The van der Waals surface area contributed by atoms with E-state index in [4.69, 9.17) is 0 Å². The van der Waals surface area contributed by atoms with Crippen LogP contribution in [0.2, 0.25) is 0 Å². The lowest BCUT2D eigenvalue weighted by atomic mass is 10.2. The molecule has 0 atom stereocenters. The third-order valence-corrected chi connectivity index (χ3v) is 4.92. The van der Waals surface area contributed by atoms with Gasteiger partial charge in [0.1, 0.15) is 10.8 Å². The summed E-state index contributed by atoms with van der Waals surface area (Å²) in [5, 5.41) is 3.50. The summed E-state index contributed by atoms with van der Waals surface area (Å²) in [6.45, 7) is 0.251. The number of rotatable bonds is 4. The Morgan fingerprint density at radius 2 is 2.13 bits per heavy atom. The first-order chi connectivity index (χ1) is 11.1. The number of para-hydroxylation sites is 1. The standard InChI is InChI=1S/C17H12BrFN2OS/c18-13-6-5-12(19)9-11(13)10-20-16(22)7-8-17-21-14-3-1-2-4-15(14)23-17/h1-9H,10H2,(H,20,22)/b8-7+. The molecule has 1 aromatic heterocycles. The van der Waals surface area contributed by atoms with Gasteiger partial charge in [0.25, 0.3) is 0 Å². The summed E-state index contributed by atoms with van der Waals surface area (Å²) in [5.41, 5.74) is 1.60. The number of benzene rings is 2. The number of carbonyl (C=O) groups is 1. The van der Waals surface area contributed by atoms with Crippen molar-refractivity contribution in [2.24, 2.45) is 0 Å². The van der Waals surface area contributed by atoms with Crippen LogP contribution in [0.15, 0.2) is 53.0 Å². The summed E-state index contributed by atoms with van der Waals surface area (Å²) < 4.78 is 15.0. The Morgan fingerprint density at radius 3 is 2.96 bits per heavy atom. The van der Waals surface area contributed by atoms with Gasteiger partial charge in [0, 0.05) is 17.1 Å². The van der Waals surface area contributed by atoms with Crippen molar-refractivity contribution in [2.45, 2.75) is 6.54 Å². The highest BCUT2D eigenvalue weighted by atomic mass is 79.9. The molecule has 2 aromatic carbocycles. The zero-order valence-electron chi connectivity index (χ0n) is 11.9. The number of amides is 1. The van der Waals surface area contributed by atoms with Crippen molar-refractivity contribution in [3.8, 4) is 0 Å². The van der Waals surface area contributed by atoms with E-state index >= 15 is 0 Å². The van der Waals surface area contributed by atoms with E-state index in [9.17, 15) is 9.18 Å². The Labute approximate surface area is 145 Å². The van der Waals surface area contributed by atoms with Crippen molar-refractivity contribution in [3.05, 3.63) is 69.4 Å². The fourth-order valence-corrected chi connectivity index (χ4v) is 3.29. The monoisotopic (exact) mass is 390 g/mol. The number of aromatic nitrogens is 1. The number of nitrogens with zero attached hydrogens (tertiary/aromatic N) is 1. The molecule has 0 radical (unpaired) electrons. The second kappa shape index (κ2) is 7.02. The Morgan fingerprint density at radius 1 is 1.30 bits per heavy atom. The van der Waals surface area contributed by atoms with Gasteiger partial charge in [-0.3, -0.25) is 4.79 Å². The van der Waals surface area contributed by atoms with Crippen LogP contribution in [0.25, 0.3) is 16.3 Å². The number of thiazole rings is 1. The fourth-order valence-electron chi connectivity index (χ4n) is 2.03. The highest BCUT2D eigenvalue weighted by Gasteiger charge is 2.04. The highest BCUT2D eigenvalue weighted by molar-refractivity contribution is 9.10. The van der Waals surface area contributed by atoms with Crippen molar-refractivity contribution in [3.63, 3.8) is 0 Å². The Balaban J connectivity index is 1.63. The predicted octanol–water partition coefficient (Wildman–Crippen LogP) is 4.53. The minimum Gasteiger partial charge on any atom is -0.348 e. The molecule has 0 spiro atoms. The lowest BCUT2D eigenvalue weighted by Gasteiger charge is -2.05. The van der Waals surface area contributed by atoms with Crippen LogP contribution in [0.4, 0.5) is 4.39 Å². The molecule has 6 heteroatoms. The molecule has 0 saturated carbocycles. The molecular weight excluding hydrogens is 379 g/mol. The van der Waals surface area contributed by atoms with Gasteiger partial charge in [-0.25, -0.2) is 9.37 Å². The number of fused-ring (bicyclic) bond motifs is 1.